The second kappa shape index (κ2) is 43.5. The quantitative estimate of drug-likeness (QED) is 0.0719. The predicted octanol–water partition coefficient (Wildman–Crippen LogP) is -1.41. The van der Waals surface area contributed by atoms with Crippen LogP contribution in [0.4, 0.5) is 0 Å². The summed E-state index contributed by atoms with van der Waals surface area (Å²) in [6.45, 7) is 6.58. The molecule has 0 aliphatic rings. The topological polar surface area (TPSA) is 95.5 Å². The average Bonchev–Trinajstić information content (AvgIpc) is 2.78. The first-order valence-electron chi connectivity index (χ1n) is 14.7. The van der Waals surface area contributed by atoms with Crippen molar-refractivity contribution in [3.8, 4) is 0 Å². The molecule has 9 heteroatoms. The van der Waals surface area contributed by atoms with E-state index in [1.54, 1.807) is 0 Å². The summed E-state index contributed by atoms with van der Waals surface area (Å²) in [6.07, 6.45) is 34.1. The smallest absolute Gasteiger partial charge is 0.822 e. The summed E-state index contributed by atoms with van der Waals surface area (Å²) >= 11 is 0. The molecule has 37 heavy (non-hydrogen) atoms. The van der Waals surface area contributed by atoms with Crippen molar-refractivity contribution in [3.63, 3.8) is 0 Å². The van der Waals surface area contributed by atoms with Crippen LogP contribution in [0.15, 0.2) is 0 Å². The second-order valence-electron chi connectivity index (χ2n) is 9.84. The van der Waals surface area contributed by atoms with E-state index in [1.165, 1.54) is 154 Å². The van der Waals surface area contributed by atoms with E-state index in [2.05, 4.69) is 13.8 Å². The molecule has 0 aliphatic heterocycles. The minimum Gasteiger partial charge on any atom is -0.822 e. The van der Waals surface area contributed by atoms with Gasteiger partial charge in [-0.05, 0) is 12.8 Å². The van der Waals surface area contributed by atoms with Crippen LogP contribution in [0.2, 0.25) is 0 Å². The summed E-state index contributed by atoms with van der Waals surface area (Å²) in [5.74, 6) is 0. The zero-order valence-corrected chi connectivity index (χ0v) is 32.8. The Kier molecular flexibility index (Phi) is 58.5. The van der Waals surface area contributed by atoms with Crippen LogP contribution < -0.4 is 103 Å². The first-order chi connectivity index (χ1) is 16.4. The summed E-state index contributed by atoms with van der Waals surface area (Å²) in [5, 5.41) is 0. The zero-order chi connectivity index (χ0) is 25.6. The van der Waals surface area contributed by atoms with Gasteiger partial charge in [0.1, 0.15) is 0 Å². The summed E-state index contributed by atoms with van der Waals surface area (Å²) in [6, 6.07) is 0. The van der Waals surface area contributed by atoms with Crippen molar-refractivity contribution < 1.29 is 113 Å². The maximum Gasteiger partial charge on any atom is 1.00 e. The van der Waals surface area contributed by atoms with Crippen molar-refractivity contribution >= 4 is 7.82 Å². The van der Waals surface area contributed by atoms with E-state index in [9.17, 15) is 0 Å². The third-order valence-electron chi connectivity index (χ3n) is 6.28. The van der Waals surface area contributed by atoms with Crippen molar-refractivity contribution in [3.05, 3.63) is 0 Å². The molecule has 0 saturated carbocycles. The molecule has 0 amide bonds. The summed E-state index contributed by atoms with van der Waals surface area (Å²) in [7, 11) is -5.39. The van der Waals surface area contributed by atoms with Gasteiger partial charge in [-0.1, -0.05) is 155 Å². The van der Waals surface area contributed by atoms with Gasteiger partial charge in [0.05, 0.1) is 0 Å². The molecule has 0 N–H and O–H groups in total. The Morgan fingerprint density at radius 1 is 0.405 bits per heavy atom. The number of phosphoric acid groups is 1. The van der Waals surface area contributed by atoms with Gasteiger partial charge in [-0.25, -0.2) is 0 Å². The first kappa shape index (κ1) is 49.7. The van der Waals surface area contributed by atoms with Gasteiger partial charge in [0.15, 0.2) is 0 Å². The van der Waals surface area contributed by atoms with Crippen LogP contribution in [0.25, 0.3) is 0 Å². The van der Waals surface area contributed by atoms with Crippen LogP contribution in [-0.4, -0.2) is 13.2 Å². The van der Waals surface area contributed by atoms with Gasteiger partial charge in [-0.15, -0.1) is 0 Å². The van der Waals surface area contributed by atoms with Crippen LogP contribution in [0, 0.1) is 0 Å². The molecule has 5 nitrogen and oxygen atoms in total. The maximum absolute atomic E-state index is 8.55. The van der Waals surface area contributed by atoms with Crippen LogP contribution >= 0.6 is 7.82 Å². The van der Waals surface area contributed by atoms with E-state index in [-0.39, 0.29) is 88.7 Å². The minimum absolute atomic E-state index is 0. The molecule has 0 atom stereocenters. The van der Waals surface area contributed by atoms with Crippen molar-refractivity contribution in [1.29, 1.82) is 0 Å². The van der Waals surface area contributed by atoms with Crippen LogP contribution in [0.5, 0.6) is 0 Å². The van der Waals surface area contributed by atoms with Crippen LogP contribution in [0.1, 0.15) is 168 Å². The number of ether oxygens (including phenoxy) is 1. The molecular weight excluding hydrogens is 516 g/mol. The molecule has 0 aromatic heterocycles. The van der Waals surface area contributed by atoms with Crippen molar-refractivity contribution in [2.45, 2.75) is 168 Å². The summed E-state index contributed by atoms with van der Waals surface area (Å²) in [5.41, 5.74) is 0. The number of hydrogen-bond acceptors (Lipinski definition) is 5. The molecule has 0 heterocycles. The summed E-state index contributed by atoms with van der Waals surface area (Å²) in [4.78, 5) is 25.6. The minimum atomic E-state index is -5.39. The number of hydrogen-bond donors (Lipinski definition) is 0. The zero-order valence-electron chi connectivity index (χ0n) is 25.9. The van der Waals surface area contributed by atoms with E-state index < -0.39 is 7.82 Å². The van der Waals surface area contributed by atoms with E-state index in [0.29, 0.717) is 0 Å². The van der Waals surface area contributed by atoms with E-state index in [1.807, 2.05) is 0 Å². The Morgan fingerprint density at radius 2 is 0.568 bits per heavy atom. The Balaban J connectivity index is -0.000000387. The van der Waals surface area contributed by atoms with Crippen LogP contribution in [0.3, 0.4) is 0 Å². The van der Waals surface area contributed by atoms with Crippen molar-refractivity contribution in [2.24, 2.45) is 0 Å². The third-order valence-corrected chi connectivity index (χ3v) is 6.28. The first-order valence-corrected chi connectivity index (χ1v) is 16.2. The van der Waals surface area contributed by atoms with Crippen molar-refractivity contribution in [2.75, 3.05) is 13.2 Å². The average molecular weight is 575 g/mol. The molecule has 0 bridgehead atoms. The Hall–Kier alpha value is 3.07. The molecule has 0 aromatic rings. The molecule has 0 spiro atoms. The van der Waals surface area contributed by atoms with Gasteiger partial charge >= 0.3 is 88.7 Å². The van der Waals surface area contributed by atoms with Gasteiger partial charge in [0.25, 0.3) is 0 Å². The Morgan fingerprint density at radius 3 is 0.757 bits per heavy atom. The van der Waals surface area contributed by atoms with Gasteiger partial charge in [-0.2, -0.15) is 7.82 Å². The van der Waals surface area contributed by atoms with E-state index in [0.717, 1.165) is 13.2 Å². The standard InChI is InChI=1S/C28H58O.3Na.H3O4P/c1-3-5-7-9-11-13-15-17-19-21-23-25-27-29-28-26-24-22-20-18-16-14-12-10-8-6-4-2;;;;1-5(2,3)4/h3-28H2,1-2H3;;;;(H3,1,2,3,4)/q;3*+1;/p-3. The Bertz CT molecular complexity index is 381. The van der Waals surface area contributed by atoms with Crippen LogP contribution in [-0.2, 0) is 9.30 Å². The summed E-state index contributed by atoms with van der Waals surface area (Å²) < 4.78 is 14.4. The molecule has 208 valence electrons. The molecule has 0 fully saturated rings. The van der Waals surface area contributed by atoms with Gasteiger partial charge in [0, 0.05) is 13.2 Å². The van der Waals surface area contributed by atoms with Gasteiger partial charge in [0.2, 0.25) is 0 Å². The SMILES string of the molecule is CCCCCCCCCCCCCCOCCCCCCCCCCCCCC.O=P([O-])([O-])[O-].[Na+].[Na+].[Na+]. The molecule has 0 radical (unpaired) electrons. The fourth-order valence-electron chi connectivity index (χ4n) is 4.19. The third kappa shape index (κ3) is 63.5. The van der Waals surface area contributed by atoms with E-state index >= 15 is 0 Å². The van der Waals surface area contributed by atoms with Crippen molar-refractivity contribution in [1.82, 2.24) is 0 Å². The molecule has 0 rings (SSSR count). The normalized spacial score (nSPS) is 10.5. The molecule has 0 aliphatic carbocycles. The largest absolute Gasteiger partial charge is 1.00 e. The molecular formula is C28H58Na3O5P. The fraction of sp³-hybridized carbons (Fsp3) is 1.00. The van der Waals surface area contributed by atoms with Gasteiger partial charge in [-0.3, -0.25) is 0 Å². The maximum atomic E-state index is 8.55. The second-order valence-corrected chi connectivity index (χ2v) is 10.7. The van der Waals surface area contributed by atoms with Gasteiger partial charge < -0.3 is 24.0 Å². The predicted molar refractivity (Wildman–Crippen MR) is 141 cm³/mol. The molecule has 0 aromatic carbocycles. The van der Waals surface area contributed by atoms with E-state index in [4.69, 9.17) is 24.0 Å². The molecule has 0 unspecified atom stereocenters. The monoisotopic (exact) mass is 574 g/mol. The number of rotatable bonds is 26. The fourth-order valence-corrected chi connectivity index (χ4v) is 4.19. The molecule has 0 saturated heterocycles. The number of unbranched alkanes of at least 4 members (excludes halogenated alkanes) is 22. The Labute approximate surface area is 298 Å².